The van der Waals surface area contributed by atoms with Crippen LogP contribution in [0.2, 0.25) is 0 Å². The number of thioether (sulfide) groups is 2. The molecule has 0 saturated carbocycles. The number of aromatic nitrogens is 2. The molecule has 1 aromatic heterocycles. The number of nitrogens with one attached hydrogen (secondary N) is 1. The molecule has 0 fully saturated rings. The Morgan fingerprint density at radius 2 is 2.00 bits per heavy atom. The van der Waals surface area contributed by atoms with Crippen LogP contribution in [-0.2, 0) is 15.3 Å². The molecule has 0 bridgehead atoms. The molecule has 0 atom stereocenters. The summed E-state index contributed by atoms with van der Waals surface area (Å²) in [5.41, 5.74) is -0.312. The normalized spacial score (nSPS) is 11.3. The van der Waals surface area contributed by atoms with Crippen LogP contribution in [0.4, 0.5) is 0 Å². The molecule has 1 N–H and O–H groups in total. The van der Waals surface area contributed by atoms with Gasteiger partial charge in [0.05, 0.1) is 18.1 Å². The molecule has 0 radical (unpaired) electrons. The molecule has 22 heavy (non-hydrogen) atoms. The Labute approximate surface area is 139 Å². The lowest BCUT2D eigenvalue weighted by atomic mass is 10.1. The van der Waals surface area contributed by atoms with Crippen molar-refractivity contribution in [1.82, 2.24) is 20.4 Å². The molecule has 124 valence electrons. The molecule has 0 aliphatic carbocycles. The minimum atomic E-state index is -0.312. The fourth-order valence-corrected chi connectivity index (χ4v) is 2.56. The quantitative estimate of drug-likeness (QED) is 0.747. The largest absolute Gasteiger partial charge is 0.415 e. The summed E-state index contributed by atoms with van der Waals surface area (Å²) in [4.78, 5) is 25.1. The summed E-state index contributed by atoms with van der Waals surface area (Å²) in [6.07, 6.45) is 1.94. The van der Waals surface area contributed by atoms with E-state index in [-0.39, 0.29) is 29.7 Å². The molecule has 0 aliphatic rings. The van der Waals surface area contributed by atoms with Gasteiger partial charge in [-0.25, -0.2) is 0 Å². The smallest absolute Gasteiger partial charge is 0.277 e. The van der Waals surface area contributed by atoms with Crippen molar-refractivity contribution in [3.05, 3.63) is 5.89 Å². The second-order valence-corrected chi connectivity index (χ2v) is 7.52. The number of nitrogens with zero attached hydrogens (tertiary/aromatic N) is 3. The van der Waals surface area contributed by atoms with Gasteiger partial charge in [0.2, 0.25) is 17.7 Å². The maximum absolute atomic E-state index is 12.0. The van der Waals surface area contributed by atoms with Gasteiger partial charge in [0, 0.05) is 12.6 Å². The Kier molecular flexibility index (Phi) is 7.21. The van der Waals surface area contributed by atoms with Crippen LogP contribution in [0.5, 0.6) is 0 Å². The highest BCUT2D eigenvalue weighted by Crippen LogP contribution is 2.18. The van der Waals surface area contributed by atoms with Crippen molar-refractivity contribution in [2.24, 2.45) is 0 Å². The molecule has 1 aromatic rings. The van der Waals surface area contributed by atoms with E-state index in [1.165, 1.54) is 16.7 Å². The summed E-state index contributed by atoms with van der Waals surface area (Å²) in [6.45, 7) is 5.71. The van der Waals surface area contributed by atoms with Crippen molar-refractivity contribution >= 4 is 35.3 Å². The molecule has 1 rings (SSSR count). The number of hydrogen-bond donors (Lipinski definition) is 1. The van der Waals surface area contributed by atoms with Gasteiger partial charge in [0.1, 0.15) is 0 Å². The van der Waals surface area contributed by atoms with Crippen LogP contribution in [0.15, 0.2) is 9.64 Å². The van der Waals surface area contributed by atoms with Crippen molar-refractivity contribution < 1.29 is 14.0 Å². The lowest BCUT2D eigenvalue weighted by Crippen LogP contribution is -2.46. The van der Waals surface area contributed by atoms with E-state index < -0.39 is 0 Å². The molecular weight excluding hydrogens is 324 g/mol. The van der Waals surface area contributed by atoms with E-state index >= 15 is 0 Å². The van der Waals surface area contributed by atoms with Crippen LogP contribution in [-0.4, -0.2) is 58.1 Å². The maximum atomic E-state index is 12.0. The van der Waals surface area contributed by atoms with Crippen molar-refractivity contribution in [3.8, 4) is 0 Å². The highest BCUT2D eigenvalue weighted by molar-refractivity contribution is 7.99. The fourth-order valence-electron chi connectivity index (χ4n) is 1.47. The van der Waals surface area contributed by atoms with Gasteiger partial charge >= 0.3 is 0 Å². The van der Waals surface area contributed by atoms with E-state index in [1.807, 2.05) is 27.0 Å². The van der Waals surface area contributed by atoms with Gasteiger partial charge < -0.3 is 14.6 Å². The van der Waals surface area contributed by atoms with Crippen LogP contribution >= 0.6 is 23.5 Å². The van der Waals surface area contributed by atoms with Gasteiger partial charge in [-0.1, -0.05) is 11.8 Å². The predicted octanol–water partition coefficient (Wildman–Crippen LogP) is 1.40. The summed E-state index contributed by atoms with van der Waals surface area (Å²) in [5, 5.41) is 10.9. The van der Waals surface area contributed by atoms with Crippen LogP contribution < -0.4 is 5.32 Å². The Balaban J connectivity index is 2.38. The second-order valence-electron chi connectivity index (χ2n) is 5.73. The second kappa shape index (κ2) is 8.42. The van der Waals surface area contributed by atoms with E-state index in [9.17, 15) is 9.59 Å². The molecule has 1 heterocycles. The SMILES string of the molecule is CSCc1nnc(SCC(=O)N(C)CC(=O)NC(C)(C)C)o1. The number of rotatable bonds is 7. The highest BCUT2D eigenvalue weighted by atomic mass is 32.2. The zero-order valence-electron chi connectivity index (χ0n) is 13.5. The minimum Gasteiger partial charge on any atom is -0.415 e. The monoisotopic (exact) mass is 346 g/mol. The molecular formula is C13H22N4O3S2. The van der Waals surface area contributed by atoms with E-state index in [4.69, 9.17) is 4.42 Å². The standard InChI is InChI=1S/C13H22N4O3S2/c1-13(2,3)14-9(18)6-17(4)11(19)8-22-12-16-15-10(20-12)7-21-5/h6-8H2,1-5H3,(H,14,18). The summed E-state index contributed by atoms with van der Waals surface area (Å²) in [5.74, 6) is 0.988. The van der Waals surface area contributed by atoms with E-state index in [1.54, 1.807) is 18.8 Å². The van der Waals surface area contributed by atoms with Gasteiger partial charge in [-0.05, 0) is 27.0 Å². The van der Waals surface area contributed by atoms with E-state index in [0.717, 1.165) is 0 Å². The first kappa shape index (κ1) is 18.8. The maximum Gasteiger partial charge on any atom is 0.277 e. The summed E-state index contributed by atoms with van der Waals surface area (Å²) >= 11 is 2.75. The van der Waals surface area contributed by atoms with Crippen molar-refractivity contribution in [2.75, 3.05) is 25.6 Å². The number of hydrogen-bond acceptors (Lipinski definition) is 7. The Morgan fingerprint density at radius 3 is 2.59 bits per heavy atom. The van der Waals surface area contributed by atoms with Crippen molar-refractivity contribution in [1.29, 1.82) is 0 Å². The first-order valence-corrected chi connectivity index (χ1v) is 9.08. The average Bonchev–Trinajstić information content (AvgIpc) is 2.81. The number of amides is 2. The molecule has 0 aliphatic heterocycles. The Morgan fingerprint density at radius 1 is 1.32 bits per heavy atom. The van der Waals surface area contributed by atoms with Gasteiger partial charge in [-0.2, -0.15) is 11.8 Å². The van der Waals surface area contributed by atoms with Gasteiger partial charge in [-0.15, -0.1) is 10.2 Å². The third-order valence-corrected chi connectivity index (χ3v) is 3.70. The Bertz CT molecular complexity index is 514. The molecule has 0 aromatic carbocycles. The summed E-state index contributed by atoms with van der Waals surface area (Å²) < 4.78 is 5.37. The summed E-state index contributed by atoms with van der Waals surface area (Å²) in [6, 6.07) is 0. The first-order valence-electron chi connectivity index (χ1n) is 6.70. The lowest BCUT2D eigenvalue weighted by molar-refractivity contribution is -0.133. The third kappa shape index (κ3) is 7.17. The molecule has 0 unspecified atom stereocenters. The predicted molar refractivity (Wildman–Crippen MR) is 87.8 cm³/mol. The van der Waals surface area contributed by atoms with Gasteiger partial charge in [-0.3, -0.25) is 9.59 Å². The zero-order chi connectivity index (χ0) is 16.8. The zero-order valence-corrected chi connectivity index (χ0v) is 15.1. The van der Waals surface area contributed by atoms with Crippen molar-refractivity contribution in [2.45, 2.75) is 37.3 Å². The molecule has 0 saturated heterocycles. The minimum absolute atomic E-state index is 0.0260. The number of carbonyl (C=O) groups excluding carboxylic acids is 2. The van der Waals surface area contributed by atoms with Crippen molar-refractivity contribution in [3.63, 3.8) is 0 Å². The van der Waals surface area contributed by atoms with Crippen LogP contribution in [0.1, 0.15) is 26.7 Å². The molecule has 0 spiro atoms. The van der Waals surface area contributed by atoms with E-state index in [0.29, 0.717) is 16.9 Å². The molecule has 7 nitrogen and oxygen atoms in total. The average molecular weight is 346 g/mol. The Hall–Kier alpha value is -1.22. The van der Waals surface area contributed by atoms with E-state index in [2.05, 4.69) is 15.5 Å². The molecule has 2 amide bonds. The van der Waals surface area contributed by atoms with Crippen LogP contribution in [0.25, 0.3) is 0 Å². The third-order valence-electron chi connectivity index (χ3n) is 2.36. The van der Waals surface area contributed by atoms with Gasteiger partial charge in [0.15, 0.2) is 0 Å². The van der Waals surface area contributed by atoms with Crippen LogP contribution in [0, 0.1) is 0 Å². The van der Waals surface area contributed by atoms with Gasteiger partial charge in [0.25, 0.3) is 5.22 Å². The fraction of sp³-hybridized carbons (Fsp3) is 0.692. The number of likely N-dealkylation sites (N-methyl/N-ethyl adjacent to an activating group) is 1. The van der Waals surface area contributed by atoms with Crippen LogP contribution in [0.3, 0.4) is 0 Å². The number of carbonyl (C=O) groups is 2. The first-order chi connectivity index (χ1) is 10.2. The summed E-state index contributed by atoms with van der Waals surface area (Å²) in [7, 11) is 1.60. The molecule has 9 heteroatoms. The highest BCUT2D eigenvalue weighted by Gasteiger charge is 2.18. The topological polar surface area (TPSA) is 88.3 Å². The lowest BCUT2D eigenvalue weighted by Gasteiger charge is -2.23.